The smallest absolute Gasteiger partial charge is 0.332 e. The molecule has 0 saturated carbocycles. The van der Waals surface area contributed by atoms with Crippen molar-refractivity contribution in [3.05, 3.63) is 57.0 Å². The molecule has 0 radical (unpaired) electrons. The highest BCUT2D eigenvalue weighted by Gasteiger charge is 2.28. The Morgan fingerprint density at radius 1 is 1.13 bits per heavy atom. The molecule has 9 heteroatoms. The van der Waals surface area contributed by atoms with Crippen LogP contribution in [0.5, 0.6) is 5.75 Å². The monoisotopic (exact) mass is 425 g/mol. The molecule has 1 unspecified atom stereocenters. The number of aryl methyl sites for hydroxylation is 2. The number of ether oxygens (including phenoxy) is 1. The van der Waals surface area contributed by atoms with Crippen molar-refractivity contribution < 1.29 is 9.53 Å². The van der Waals surface area contributed by atoms with Gasteiger partial charge in [0.2, 0.25) is 5.91 Å². The Hall–Kier alpha value is -3.36. The van der Waals surface area contributed by atoms with Crippen molar-refractivity contribution >= 4 is 17.1 Å². The van der Waals surface area contributed by atoms with Gasteiger partial charge in [-0.15, -0.1) is 0 Å². The van der Waals surface area contributed by atoms with Gasteiger partial charge in [0.15, 0.2) is 11.2 Å². The van der Waals surface area contributed by atoms with E-state index in [4.69, 9.17) is 4.74 Å². The third kappa shape index (κ3) is 3.75. The topological polar surface area (TPSA) is 91.4 Å². The van der Waals surface area contributed by atoms with Gasteiger partial charge < -0.3 is 14.2 Å². The van der Waals surface area contributed by atoms with Gasteiger partial charge in [-0.1, -0.05) is 25.0 Å². The van der Waals surface area contributed by atoms with E-state index in [2.05, 4.69) is 4.98 Å². The molecular weight excluding hydrogens is 398 g/mol. The van der Waals surface area contributed by atoms with Gasteiger partial charge in [0.25, 0.3) is 5.56 Å². The Morgan fingerprint density at radius 2 is 1.87 bits per heavy atom. The molecule has 1 fully saturated rings. The summed E-state index contributed by atoms with van der Waals surface area (Å²) < 4.78 is 9.15. The summed E-state index contributed by atoms with van der Waals surface area (Å²) in [6.45, 7) is 0.303. The molecular formula is C22H27N5O4. The number of amides is 1. The predicted octanol–water partition coefficient (Wildman–Crippen LogP) is 1.59. The van der Waals surface area contributed by atoms with E-state index in [1.54, 1.807) is 25.8 Å². The average molecular weight is 425 g/mol. The lowest BCUT2D eigenvalue weighted by atomic mass is 10.0. The summed E-state index contributed by atoms with van der Waals surface area (Å²) in [5.74, 6) is 0.526. The standard InChI is InChI=1S/C22H27N5O4/c1-24-14-23-20-19(24)21(29)27(22(30)25(20)2)13-18(28)26-12-6-4-5-7-17(26)15-8-10-16(31-3)11-9-15/h8-11,14,17H,4-7,12-13H2,1-3H3. The quantitative estimate of drug-likeness (QED) is 0.633. The van der Waals surface area contributed by atoms with E-state index >= 15 is 0 Å². The van der Waals surface area contributed by atoms with Crippen LogP contribution in [-0.4, -0.2) is 43.1 Å². The van der Waals surface area contributed by atoms with Gasteiger partial charge in [-0.3, -0.25) is 14.2 Å². The van der Waals surface area contributed by atoms with Gasteiger partial charge >= 0.3 is 5.69 Å². The molecule has 2 aromatic heterocycles. The number of aromatic nitrogens is 4. The molecule has 31 heavy (non-hydrogen) atoms. The number of likely N-dealkylation sites (tertiary alicyclic amines) is 1. The molecule has 4 rings (SSSR count). The molecule has 1 atom stereocenters. The second-order valence-corrected chi connectivity index (χ2v) is 7.99. The number of carbonyl (C=O) groups excluding carboxylic acids is 1. The minimum Gasteiger partial charge on any atom is -0.497 e. The van der Waals surface area contributed by atoms with Crippen molar-refractivity contribution in [2.45, 2.75) is 38.3 Å². The van der Waals surface area contributed by atoms with E-state index in [0.717, 1.165) is 41.6 Å². The molecule has 0 spiro atoms. The Labute approximate surface area is 179 Å². The fourth-order valence-corrected chi connectivity index (χ4v) is 4.34. The Kier molecular flexibility index (Phi) is 5.67. The van der Waals surface area contributed by atoms with Crippen LogP contribution in [0.15, 0.2) is 40.2 Å². The first kappa shape index (κ1) is 20.9. The molecule has 1 aromatic carbocycles. The number of hydrogen-bond acceptors (Lipinski definition) is 5. The first-order chi connectivity index (χ1) is 14.9. The van der Waals surface area contributed by atoms with Crippen LogP contribution in [-0.2, 0) is 25.4 Å². The summed E-state index contributed by atoms with van der Waals surface area (Å²) in [5, 5.41) is 0. The zero-order valence-electron chi connectivity index (χ0n) is 18.1. The Balaban J connectivity index is 1.69. The second-order valence-electron chi connectivity index (χ2n) is 7.99. The molecule has 164 valence electrons. The summed E-state index contributed by atoms with van der Waals surface area (Å²) in [7, 11) is 4.87. The van der Waals surface area contributed by atoms with Crippen LogP contribution in [0.2, 0.25) is 0 Å². The lowest BCUT2D eigenvalue weighted by molar-refractivity contribution is -0.134. The number of rotatable bonds is 4. The van der Waals surface area contributed by atoms with Gasteiger partial charge in [0.05, 0.1) is 19.5 Å². The zero-order chi connectivity index (χ0) is 22.1. The maximum absolute atomic E-state index is 13.4. The van der Waals surface area contributed by atoms with Gasteiger partial charge in [0.1, 0.15) is 12.3 Å². The van der Waals surface area contributed by atoms with Crippen LogP contribution >= 0.6 is 0 Å². The predicted molar refractivity (Wildman–Crippen MR) is 116 cm³/mol. The molecule has 0 N–H and O–H groups in total. The highest BCUT2D eigenvalue weighted by atomic mass is 16.5. The Morgan fingerprint density at radius 3 is 2.58 bits per heavy atom. The maximum atomic E-state index is 13.4. The van der Waals surface area contributed by atoms with E-state index in [1.165, 1.54) is 10.9 Å². The summed E-state index contributed by atoms with van der Waals surface area (Å²) in [6, 6.07) is 7.63. The van der Waals surface area contributed by atoms with Gasteiger partial charge in [-0.2, -0.15) is 0 Å². The summed E-state index contributed by atoms with van der Waals surface area (Å²) >= 11 is 0. The third-order valence-corrected chi connectivity index (χ3v) is 6.07. The van der Waals surface area contributed by atoms with Crippen molar-refractivity contribution in [3.8, 4) is 5.75 Å². The van der Waals surface area contributed by atoms with Crippen LogP contribution < -0.4 is 16.0 Å². The lowest BCUT2D eigenvalue weighted by Crippen LogP contribution is -2.45. The van der Waals surface area contributed by atoms with Gasteiger partial charge in [-0.05, 0) is 30.5 Å². The molecule has 3 heterocycles. The number of hydrogen-bond donors (Lipinski definition) is 0. The second kappa shape index (κ2) is 8.41. The van der Waals surface area contributed by atoms with Crippen LogP contribution in [0.1, 0.15) is 37.3 Å². The fourth-order valence-electron chi connectivity index (χ4n) is 4.34. The van der Waals surface area contributed by atoms with E-state index in [-0.39, 0.29) is 18.5 Å². The maximum Gasteiger partial charge on any atom is 0.332 e. The molecule has 1 saturated heterocycles. The molecule has 1 aliphatic rings. The molecule has 0 bridgehead atoms. The zero-order valence-corrected chi connectivity index (χ0v) is 18.1. The van der Waals surface area contributed by atoms with Crippen molar-refractivity contribution in [2.75, 3.05) is 13.7 Å². The first-order valence-corrected chi connectivity index (χ1v) is 10.5. The largest absolute Gasteiger partial charge is 0.497 e. The van der Waals surface area contributed by atoms with Crippen LogP contribution in [0.3, 0.4) is 0 Å². The van der Waals surface area contributed by atoms with Gasteiger partial charge in [-0.25, -0.2) is 14.3 Å². The van der Waals surface area contributed by atoms with Crippen molar-refractivity contribution in [1.82, 2.24) is 23.6 Å². The third-order valence-electron chi connectivity index (χ3n) is 6.07. The molecule has 0 aliphatic carbocycles. The van der Waals surface area contributed by atoms with Crippen molar-refractivity contribution in [3.63, 3.8) is 0 Å². The van der Waals surface area contributed by atoms with E-state index in [1.807, 2.05) is 29.2 Å². The summed E-state index contributed by atoms with van der Waals surface area (Å²) in [5.41, 5.74) is 0.602. The number of fused-ring (bicyclic) bond motifs is 1. The lowest BCUT2D eigenvalue weighted by Gasteiger charge is -2.31. The molecule has 3 aromatic rings. The fraction of sp³-hybridized carbons (Fsp3) is 0.455. The van der Waals surface area contributed by atoms with Gasteiger partial charge in [0, 0.05) is 20.6 Å². The first-order valence-electron chi connectivity index (χ1n) is 10.5. The van der Waals surface area contributed by atoms with Crippen LogP contribution in [0, 0.1) is 0 Å². The highest BCUT2D eigenvalue weighted by molar-refractivity contribution is 5.77. The van der Waals surface area contributed by atoms with E-state index in [0.29, 0.717) is 17.7 Å². The van der Waals surface area contributed by atoms with E-state index < -0.39 is 11.2 Å². The van der Waals surface area contributed by atoms with Crippen molar-refractivity contribution in [2.24, 2.45) is 14.1 Å². The average Bonchev–Trinajstić information content (AvgIpc) is 3.00. The summed E-state index contributed by atoms with van der Waals surface area (Å²) in [6.07, 6.45) is 5.28. The minimum absolute atomic E-state index is 0.0964. The number of benzene rings is 1. The highest BCUT2D eigenvalue weighted by Crippen LogP contribution is 2.31. The van der Waals surface area contributed by atoms with E-state index in [9.17, 15) is 14.4 Å². The number of imidazole rings is 1. The van der Waals surface area contributed by atoms with Crippen molar-refractivity contribution in [1.29, 1.82) is 0 Å². The number of carbonyl (C=O) groups is 1. The van der Waals surface area contributed by atoms with Crippen LogP contribution in [0.25, 0.3) is 11.2 Å². The van der Waals surface area contributed by atoms with Crippen LogP contribution in [0.4, 0.5) is 0 Å². The molecule has 1 aliphatic heterocycles. The normalized spacial score (nSPS) is 17.0. The minimum atomic E-state index is -0.541. The Bertz CT molecular complexity index is 1220. The number of methoxy groups -OCH3 is 1. The molecule has 9 nitrogen and oxygen atoms in total. The number of nitrogens with zero attached hydrogens (tertiary/aromatic N) is 5. The molecule has 1 amide bonds. The SMILES string of the molecule is COc1ccc(C2CCCCCN2C(=O)Cn2c(=O)c3c(ncn3C)n(C)c2=O)cc1. The summed E-state index contributed by atoms with van der Waals surface area (Å²) in [4.78, 5) is 45.1.